The lowest BCUT2D eigenvalue weighted by Gasteiger charge is -2.38. The van der Waals surface area contributed by atoms with Gasteiger partial charge in [-0.3, -0.25) is 0 Å². The molecular weight excluding hydrogens is 1000 g/mol. The first kappa shape index (κ1) is 49.4. The van der Waals surface area contributed by atoms with Crippen molar-refractivity contribution in [3.8, 4) is 68.2 Å². The molecule has 394 valence electrons. The molecule has 0 aliphatic carbocycles. The molecule has 0 fully saturated rings. The summed E-state index contributed by atoms with van der Waals surface area (Å²) in [6.07, 6.45) is 0. The van der Waals surface area contributed by atoms with Gasteiger partial charge in [-0.05, 0) is 127 Å². The molecule has 11 aromatic carbocycles. The van der Waals surface area contributed by atoms with Gasteiger partial charge in [-0.1, -0.05) is 193 Å². The molecular formula is C74H58B2N2O4. The number of ether oxygens (including phenoxy) is 4. The van der Waals surface area contributed by atoms with Crippen LogP contribution in [0.15, 0.2) is 243 Å². The van der Waals surface area contributed by atoms with Crippen molar-refractivity contribution in [2.45, 2.75) is 52.4 Å². The summed E-state index contributed by atoms with van der Waals surface area (Å²) in [6.45, 7) is 13.1. The van der Waals surface area contributed by atoms with Gasteiger partial charge in [-0.15, -0.1) is 0 Å². The Labute approximate surface area is 481 Å². The third kappa shape index (κ3) is 8.43. The lowest BCUT2D eigenvalue weighted by atomic mass is 9.31. The number of fused-ring (bicyclic) bond motifs is 8. The quantitative estimate of drug-likeness (QED) is 0.141. The first-order valence-corrected chi connectivity index (χ1v) is 28.4. The molecule has 0 radical (unpaired) electrons. The van der Waals surface area contributed by atoms with Gasteiger partial charge in [0.25, 0.3) is 13.4 Å². The largest absolute Gasteiger partial charge is 0.458 e. The van der Waals surface area contributed by atoms with Crippen LogP contribution in [-0.4, -0.2) is 13.4 Å². The van der Waals surface area contributed by atoms with Crippen LogP contribution in [0.2, 0.25) is 0 Å². The van der Waals surface area contributed by atoms with Gasteiger partial charge in [-0.25, -0.2) is 0 Å². The molecule has 15 rings (SSSR count). The van der Waals surface area contributed by atoms with Crippen molar-refractivity contribution in [3.63, 3.8) is 0 Å². The normalized spacial score (nSPS) is 13.1. The van der Waals surface area contributed by atoms with Crippen molar-refractivity contribution in [1.82, 2.24) is 0 Å². The molecule has 82 heavy (non-hydrogen) atoms. The van der Waals surface area contributed by atoms with Crippen LogP contribution >= 0.6 is 0 Å². The van der Waals surface area contributed by atoms with E-state index in [9.17, 15) is 0 Å². The lowest BCUT2D eigenvalue weighted by molar-refractivity contribution is 0.451. The standard InChI is InChI=1S/C74H58B2N2O4/c1-73(2,3)51-33-35-59-63(39-51)79-67-41-57(77(53-27-15-9-16-28-53)55-31-19-25-49(37-55)47-21-11-7-12-22-47)43-69-71(67)75(59)61-45-62-66(46-65(61)81-69)82-70-44-58(42-68-72(70)76(62)60-36-34-52(74(4,5)6)40-64(60)80-68)78(54-29-17-10-18-30-54)56-32-20-26-50(38-56)48-23-13-8-14-24-48/h7-46H,1-6H3. The van der Waals surface area contributed by atoms with Gasteiger partial charge in [0, 0.05) is 64.0 Å². The fraction of sp³-hybridized carbons (Fsp3) is 0.108. The Hall–Kier alpha value is -9.65. The molecule has 0 atom stereocenters. The average molecular weight is 1060 g/mol. The second-order valence-corrected chi connectivity index (χ2v) is 24.1. The fourth-order valence-corrected chi connectivity index (χ4v) is 12.6. The molecule has 11 aromatic rings. The Morgan fingerprint density at radius 3 is 0.951 bits per heavy atom. The third-order valence-electron chi connectivity index (χ3n) is 16.7. The Kier molecular flexibility index (Phi) is 11.4. The van der Waals surface area contributed by atoms with E-state index in [1.54, 1.807) is 0 Å². The van der Waals surface area contributed by atoms with Crippen LogP contribution in [0, 0.1) is 0 Å². The van der Waals surface area contributed by atoms with Crippen molar-refractivity contribution in [2.24, 2.45) is 0 Å². The molecule has 4 heterocycles. The van der Waals surface area contributed by atoms with Gasteiger partial charge < -0.3 is 28.7 Å². The highest BCUT2D eigenvalue weighted by atomic mass is 16.5. The molecule has 0 amide bonds. The maximum absolute atomic E-state index is 7.36. The summed E-state index contributed by atoms with van der Waals surface area (Å²) in [5.41, 5.74) is 18.9. The van der Waals surface area contributed by atoms with Gasteiger partial charge in [-0.2, -0.15) is 0 Å². The molecule has 6 nitrogen and oxygen atoms in total. The third-order valence-corrected chi connectivity index (χ3v) is 16.7. The summed E-state index contributed by atoms with van der Waals surface area (Å²) in [4.78, 5) is 4.60. The highest BCUT2D eigenvalue weighted by Gasteiger charge is 2.46. The van der Waals surface area contributed by atoms with E-state index < -0.39 is 0 Å². The van der Waals surface area contributed by atoms with E-state index in [0.29, 0.717) is 0 Å². The fourth-order valence-electron chi connectivity index (χ4n) is 12.6. The van der Waals surface area contributed by atoms with E-state index >= 15 is 0 Å². The predicted molar refractivity (Wildman–Crippen MR) is 339 cm³/mol. The van der Waals surface area contributed by atoms with Crippen LogP contribution < -0.4 is 61.5 Å². The van der Waals surface area contributed by atoms with Gasteiger partial charge >= 0.3 is 0 Å². The first-order chi connectivity index (χ1) is 39.9. The van der Waals surface area contributed by atoms with E-state index in [0.717, 1.165) is 135 Å². The van der Waals surface area contributed by atoms with E-state index in [4.69, 9.17) is 18.9 Å². The molecule has 0 aromatic heterocycles. The SMILES string of the molecule is CC(C)(C)c1ccc2c(c1)Oc1cc(N(c3ccccc3)c3cccc(-c4ccccc4)c3)cc3c1B2c1cc2c(cc1O3)Oc1cc(N(c3ccccc3)c3cccc(-c4ccccc4)c3)cc3c1B2c1ccc(C(C)(C)C)cc1O3. The Balaban J connectivity index is 0.920. The summed E-state index contributed by atoms with van der Waals surface area (Å²) in [7, 11) is 0. The van der Waals surface area contributed by atoms with Crippen LogP contribution in [-0.2, 0) is 10.8 Å². The van der Waals surface area contributed by atoms with E-state index in [2.05, 4.69) is 294 Å². The molecule has 0 spiro atoms. The number of para-hydroxylation sites is 2. The number of anilines is 6. The highest BCUT2D eigenvalue weighted by Crippen LogP contribution is 2.47. The highest BCUT2D eigenvalue weighted by molar-refractivity contribution is 7.01. The maximum atomic E-state index is 7.36. The summed E-state index contributed by atoms with van der Waals surface area (Å²) in [6, 6.07) is 86.6. The number of rotatable bonds is 8. The van der Waals surface area contributed by atoms with Crippen LogP contribution in [0.5, 0.6) is 46.0 Å². The number of nitrogens with zero attached hydrogens (tertiary/aromatic N) is 2. The Morgan fingerprint density at radius 2 is 0.585 bits per heavy atom. The molecule has 0 saturated carbocycles. The summed E-state index contributed by atoms with van der Waals surface area (Å²) >= 11 is 0. The van der Waals surface area contributed by atoms with Gasteiger partial charge in [0.1, 0.15) is 46.0 Å². The van der Waals surface area contributed by atoms with Gasteiger partial charge in [0.05, 0.1) is 11.4 Å². The second-order valence-electron chi connectivity index (χ2n) is 24.1. The van der Waals surface area contributed by atoms with Crippen molar-refractivity contribution in [3.05, 3.63) is 254 Å². The van der Waals surface area contributed by atoms with E-state index in [1.165, 1.54) is 11.1 Å². The molecule has 0 bridgehead atoms. The topological polar surface area (TPSA) is 43.4 Å². The lowest BCUT2D eigenvalue weighted by Crippen LogP contribution is -2.61. The van der Waals surface area contributed by atoms with Crippen molar-refractivity contribution >= 4 is 80.3 Å². The summed E-state index contributed by atoms with van der Waals surface area (Å²) in [5.74, 6) is 6.16. The van der Waals surface area contributed by atoms with Crippen LogP contribution in [0.1, 0.15) is 52.7 Å². The van der Waals surface area contributed by atoms with Crippen molar-refractivity contribution in [1.29, 1.82) is 0 Å². The Bertz CT molecular complexity index is 4050. The van der Waals surface area contributed by atoms with Gasteiger partial charge in [0.2, 0.25) is 0 Å². The van der Waals surface area contributed by atoms with Crippen LogP contribution in [0.3, 0.4) is 0 Å². The minimum Gasteiger partial charge on any atom is -0.458 e. The zero-order chi connectivity index (χ0) is 55.4. The minimum absolute atomic E-state index is 0.109. The molecule has 4 aliphatic heterocycles. The van der Waals surface area contributed by atoms with E-state index in [-0.39, 0.29) is 24.3 Å². The molecule has 0 saturated heterocycles. The monoisotopic (exact) mass is 1060 g/mol. The molecule has 0 unspecified atom stereocenters. The smallest absolute Gasteiger partial charge is 0.260 e. The molecule has 8 heteroatoms. The first-order valence-electron chi connectivity index (χ1n) is 28.4. The van der Waals surface area contributed by atoms with Crippen molar-refractivity contribution < 1.29 is 18.9 Å². The Morgan fingerprint density at radius 1 is 0.256 bits per heavy atom. The molecule has 0 N–H and O–H groups in total. The van der Waals surface area contributed by atoms with Gasteiger partial charge in [0.15, 0.2) is 0 Å². The molecule has 4 aliphatic rings. The zero-order valence-corrected chi connectivity index (χ0v) is 46.8. The average Bonchev–Trinajstić information content (AvgIpc) is 1.52. The maximum Gasteiger partial charge on any atom is 0.260 e. The number of benzene rings is 11. The zero-order valence-electron chi connectivity index (χ0n) is 46.8. The van der Waals surface area contributed by atoms with Crippen molar-refractivity contribution in [2.75, 3.05) is 9.80 Å². The number of hydrogen-bond acceptors (Lipinski definition) is 6. The van der Waals surface area contributed by atoms with E-state index in [1.807, 2.05) is 0 Å². The summed E-state index contributed by atoms with van der Waals surface area (Å²) < 4.78 is 29.2. The van der Waals surface area contributed by atoms with Crippen LogP contribution in [0.25, 0.3) is 22.3 Å². The summed E-state index contributed by atoms with van der Waals surface area (Å²) in [5, 5.41) is 0. The minimum atomic E-state index is -0.214. The predicted octanol–water partition coefficient (Wildman–Crippen LogP) is 16.0. The van der Waals surface area contributed by atoms with Crippen LogP contribution in [0.4, 0.5) is 34.1 Å². The second kappa shape index (κ2) is 19.0. The number of hydrogen-bond donors (Lipinski definition) is 0.